The third-order valence-corrected chi connectivity index (χ3v) is 5.84. The van der Waals surface area contributed by atoms with Gasteiger partial charge in [-0.15, -0.1) is 0 Å². The zero-order valence-electron chi connectivity index (χ0n) is 15.0. The molecule has 148 valence electrons. The van der Waals surface area contributed by atoms with Crippen LogP contribution in [0.25, 0.3) is 0 Å². The number of benzene rings is 3. The molecule has 4 rings (SSSR count). The van der Waals surface area contributed by atoms with Crippen molar-refractivity contribution in [2.24, 2.45) is 5.10 Å². The van der Waals surface area contributed by atoms with Crippen LogP contribution in [0.5, 0.6) is 0 Å². The third kappa shape index (κ3) is 4.41. The van der Waals surface area contributed by atoms with Crippen LogP contribution in [0.4, 0.5) is 18.9 Å². The maximum atomic E-state index is 13.2. The predicted molar refractivity (Wildman–Crippen MR) is 116 cm³/mol. The van der Waals surface area contributed by atoms with Gasteiger partial charge in [-0.3, -0.25) is 5.01 Å². The van der Waals surface area contributed by atoms with Gasteiger partial charge in [0.05, 0.1) is 23.0 Å². The molecule has 0 radical (unpaired) electrons. The van der Waals surface area contributed by atoms with Crippen LogP contribution in [0.15, 0.2) is 86.8 Å². The van der Waals surface area contributed by atoms with Gasteiger partial charge in [0.1, 0.15) is 0 Å². The van der Waals surface area contributed by atoms with Crippen LogP contribution in [0.2, 0.25) is 0 Å². The molecule has 0 saturated carbocycles. The second-order valence-corrected chi connectivity index (χ2v) is 8.55. The maximum Gasteiger partial charge on any atom is 0.416 e. The van der Waals surface area contributed by atoms with Gasteiger partial charge in [0.2, 0.25) is 0 Å². The van der Waals surface area contributed by atoms with E-state index < -0.39 is 11.7 Å². The third-order valence-electron chi connectivity index (χ3n) is 4.78. The number of hydrazone groups is 1. The molecule has 0 aromatic heterocycles. The summed E-state index contributed by atoms with van der Waals surface area (Å²) >= 11 is 6.85. The second-order valence-electron chi connectivity index (χ2n) is 6.72. The Labute approximate surface area is 183 Å². The highest BCUT2D eigenvalue weighted by Gasteiger charge is 2.34. The standard InChI is InChI=1S/C22H15Br2F3N2/c23-17-8-4-14(5-9-17)20-13-21(15-6-10-18(24)11-7-15)29(28-20)19-3-1-2-16(12-19)22(25,26)27/h1-12,21H,13H2/t21-/m0/s1. The Morgan fingerprint density at radius 2 is 1.48 bits per heavy atom. The summed E-state index contributed by atoms with van der Waals surface area (Å²) in [6, 6.07) is 20.7. The number of hydrogen-bond donors (Lipinski definition) is 0. The molecule has 0 N–H and O–H groups in total. The smallest absolute Gasteiger partial charge is 0.257 e. The van der Waals surface area contributed by atoms with Crippen LogP contribution in [0, 0.1) is 0 Å². The second kappa shape index (κ2) is 7.95. The van der Waals surface area contributed by atoms with Crippen LogP contribution in [-0.2, 0) is 6.18 Å². The summed E-state index contributed by atoms with van der Waals surface area (Å²) in [4.78, 5) is 0. The summed E-state index contributed by atoms with van der Waals surface area (Å²) in [5.41, 5.74) is 2.51. The Morgan fingerprint density at radius 3 is 2.10 bits per heavy atom. The van der Waals surface area contributed by atoms with Crippen molar-refractivity contribution in [2.75, 3.05) is 5.01 Å². The Hall–Kier alpha value is -2.12. The molecule has 29 heavy (non-hydrogen) atoms. The predicted octanol–water partition coefficient (Wildman–Crippen LogP) is 7.59. The molecule has 1 atom stereocenters. The Morgan fingerprint density at radius 1 is 0.862 bits per heavy atom. The van der Waals surface area contributed by atoms with Gasteiger partial charge >= 0.3 is 6.18 Å². The molecule has 0 saturated heterocycles. The lowest BCUT2D eigenvalue weighted by Gasteiger charge is -2.24. The van der Waals surface area contributed by atoms with Crippen molar-refractivity contribution in [1.29, 1.82) is 0 Å². The van der Waals surface area contributed by atoms with Gasteiger partial charge in [-0.25, -0.2) is 0 Å². The maximum absolute atomic E-state index is 13.2. The molecular formula is C22H15Br2F3N2. The molecule has 0 fully saturated rings. The van der Waals surface area contributed by atoms with Gasteiger partial charge in [-0.1, -0.05) is 62.2 Å². The van der Waals surface area contributed by atoms with Crippen molar-refractivity contribution in [3.63, 3.8) is 0 Å². The molecule has 7 heteroatoms. The monoisotopic (exact) mass is 522 g/mol. The summed E-state index contributed by atoms with van der Waals surface area (Å²) in [5.74, 6) is 0. The average Bonchev–Trinajstić information content (AvgIpc) is 3.14. The number of halogens is 5. The van der Waals surface area contributed by atoms with E-state index in [4.69, 9.17) is 5.10 Å². The van der Waals surface area contributed by atoms with Crippen molar-refractivity contribution < 1.29 is 13.2 Å². The molecule has 3 aromatic carbocycles. The topological polar surface area (TPSA) is 15.6 Å². The Balaban J connectivity index is 1.77. The molecule has 0 amide bonds. The lowest BCUT2D eigenvalue weighted by molar-refractivity contribution is -0.137. The van der Waals surface area contributed by atoms with Crippen molar-refractivity contribution in [2.45, 2.75) is 18.6 Å². The van der Waals surface area contributed by atoms with Crippen LogP contribution in [0.1, 0.15) is 29.2 Å². The molecule has 1 heterocycles. The van der Waals surface area contributed by atoms with E-state index in [0.29, 0.717) is 12.1 Å². The van der Waals surface area contributed by atoms with Crippen LogP contribution < -0.4 is 5.01 Å². The van der Waals surface area contributed by atoms with E-state index in [9.17, 15) is 13.2 Å². The zero-order chi connectivity index (χ0) is 20.6. The quantitative estimate of drug-likeness (QED) is 0.345. The summed E-state index contributed by atoms with van der Waals surface area (Å²) in [6.45, 7) is 0. The van der Waals surface area contributed by atoms with Gasteiger partial charge in [-0.05, 0) is 53.6 Å². The summed E-state index contributed by atoms with van der Waals surface area (Å²) in [7, 11) is 0. The average molecular weight is 524 g/mol. The molecule has 0 spiro atoms. The molecular weight excluding hydrogens is 509 g/mol. The fraction of sp³-hybridized carbons (Fsp3) is 0.136. The van der Waals surface area contributed by atoms with Gasteiger partial charge in [0.25, 0.3) is 0 Å². The van der Waals surface area contributed by atoms with Crippen molar-refractivity contribution in [3.8, 4) is 0 Å². The first-order valence-corrected chi connectivity index (χ1v) is 10.5. The van der Waals surface area contributed by atoms with E-state index >= 15 is 0 Å². The van der Waals surface area contributed by atoms with E-state index in [-0.39, 0.29) is 6.04 Å². The molecule has 3 aromatic rings. The lowest BCUT2D eigenvalue weighted by Crippen LogP contribution is -2.19. The van der Waals surface area contributed by atoms with Gasteiger partial charge in [-0.2, -0.15) is 18.3 Å². The van der Waals surface area contributed by atoms with E-state index in [1.54, 1.807) is 11.1 Å². The highest BCUT2D eigenvalue weighted by molar-refractivity contribution is 9.10. The SMILES string of the molecule is FC(F)(F)c1cccc(N2N=C(c3ccc(Br)cc3)C[C@H]2c2ccc(Br)cc2)c1. The fourth-order valence-electron chi connectivity index (χ4n) is 3.33. The number of alkyl halides is 3. The number of hydrogen-bond acceptors (Lipinski definition) is 2. The van der Waals surface area contributed by atoms with Gasteiger partial charge in [0, 0.05) is 15.4 Å². The van der Waals surface area contributed by atoms with Crippen LogP contribution >= 0.6 is 31.9 Å². The highest BCUT2D eigenvalue weighted by Crippen LogP contribution is 2.39. The van der Waals surface area contributed by atoms with Crippen molar-refractivity contribution in [1.82, 2.24) is 0 Å². The van der Waals surface area contributed by atoms with Crippen LogP contribution in [0.3, 0.4) is 0 Å². The molecule has 0 aliphatic carbocycles. The lowest BCUT2D eigenvalue weighted by atomic mass is 9.98. The molecule has 1 aliphatic heterocycles. The summed E-state index contributed by atoms with van der Waals surface area (Å²) < 4.78 is 41.6. The van der Waals surface area contributed by atoms with Crippen LogP contribution in [-0.4, -0.2) is 5.71 Å². The minimum absolute atomic E-state index is 0.190. The minimum Gasteiger partial charge on any atom is -0.257 e. The first-order valence-electron chi connectivity index (χ1n) is 8.86. The first kappa shape index (κ1) is 20.2. The molecule has 1 aliphatic rings. The van der Waals surface area contributed by atoms with Gasteiger partial charge in [0.15, 0.2) is 0 Å². The molecule has 2 nitrogen and oxygen atoms in total. The summed E-state index contributed by atoms with van der Waals surface area (Å²) in [5, 5.41) is 6.41. The van der Waals surface area contributed by atoms with Crippen molar-refractivity contribution >= 4 is 43.3 Å². The normalized spacial score (nSPS) is 16.8. The Bertz CT molecular complexity index is 1040. The van der Waals surface area contributed by atoms with Crippen molar-refractivity contribution in [3.05, 3.63) is 98.4 Å². The molecule has 0 unspecified atom stereocenters. The molecule has 0 bridgehead atoms. The number of rotatable bonds is 3. The highest BCUT2D eigenvalue weighted by atomic mass is 79.9. The number of nitrogens with zero attached hydrogens (tertiary/aromatic N) is 2. The fourth-order valence-corrected chi connectivity index (χ4v) is 3.86. The zero-order valence-corrected chi connectivity index (χ0v) is 18.2. The van der Waals surface area contributed by atoms with E-state index in [0.717, 1.165) is 37.9 Å². The largest absolute Gasteiger partial charge is 0.416 e. The Kier molecular flexibility index (Phi) is 5.53. The van der Waals surface area contributed by atoms with E-state index in [2.05, 4.69) is 31.9 Å². The van der Waals surface area contributed by atoms with E-state index in [1.807, 2.05) is 48.5 Å². The number of anilines is 1. The summed E-state index contributed by atoms with van der Waals surface area (Å²) in [6.07, 6.45) is -3.80. The first-order chi connectivity index (χ1) is 13.8. The minimum atomic E-state index is -4.40. The van der Waals surface area contributed by atoms with Gasteiger partial charge < -0.3 is 0 Å². The van der Waals surface area contributed by atoms with E-state index in [1.165, 1.54) is 6.07 Å².